The summed E-state index contributed by atoms with van der Waals surface area (Å²) in [6.07, 6.45) is 6.01. The van der Waals surface area contributed by atoms with Gasteiger partial charge in [-0.3, -0.25) is 4.79 Å². The summed E-state index contributed by atoms with van der Waals surface area (Å²) in [5, 5.41) is 1.07. The molecule has 1 aromatic carbocycles. The second-order valence-corrected chi connectivity index (χ2v) is 5.40. The van der Waals surface area contributed by atoms with E-state index < -0.39 is 0 Å². The highest BCUT2D eigenvalue weighted by atomic mass is 16.5. The molecule has 0 bridgehead atoms. The van der Waals surface area contributed by atoms with E-state index in [-0.39, 0.29) is 18.5 Å². The number of esters is 1. The van der Waals surface area contributed by atoms with Crippen LogP contribution in [0, 0.1) is 11.8 Å². The zero-order valence-electron chi connectivity index (χ0n) is 13.3. The minimum atomic E-state index is -0.283. The molecule has 2 aromatic rings. The summed E-state index contributed by atoms with van der Waals surface area (Å²) in [5.41, 5.74) is 2.01. The largest absolute Gasteiger partial charge is 0.449 e. The van der Waals surface area contributed by atoms with E-state index in [1.807, 2.05) is 30.5 Å². The Bertz CT molecular complexity index is 675. The van der Waals surface area contributed by atoms with Crippen molar-refractivity contribution in [3.63, 3.8) is 0 Å². The second kappa shape index (κ2) is 8.29. The fourth-order valence-electron chi connectivity index (χ4n) is 2.53. The van der Waals surface area contributed by atoms with Gasteiger partial charge in [0, 0.05) is 17.1 Å². The second-order valence-electron chi connectivity index (χ2n) is 5.40. The molecule has 0 spiro atoms. The molecule has 116 valence electrons. The first-order chi connectivity index (χ1) is 10.7. The highest BCUT2D eigenvalue weighted by molar-refractivity contribution is 5.87. The third-order valence-corrected chi connectivity index (χ3v) is 3.66. The molecule has 1 aromatic heterocycles. The summed E-state index contributed by atoms with van der Waals surface area (Å²) in [6.45, 7) is 3.93. The molecular weight excluding hydrogens is 274 g/mol. The lowest BCUT2D eigenvalue weighted by atomic mass is 10.1. The average Bonchev–Trinajstić information content (AvgIpc) is 2.91. The monoisotopic (exact) mass is 297 g/mol. The molecule has 1 unspecified atom stereocenters. The molecule has 0 saturated heterocycles. The van der Waals surface area contributed by atoms with Crippen molar-refractivity contribution in [1.82, 2.24) is 4.98 Å². The van der Waals surface area contributed by atoms with Crippen LogP contribution in [0.15, 0.2) is 30.5 Å². The van der Waals surface area contributed by atoms with Crippen LogP contribution in [-0.2, 0) is 16.0 Å². The number of carbonyl (C=O) groups excluding carboxylic acids is 1. The third-order valence-electron chi connectivity index (χ3n) is 3.66. The van der Waals surface area contributed by atoms with Crippen molar-refractivity contribution >= 4 is 16.9 Å². The number of ether oxygens (including phenoxy) is 1. The van der Waals surface area contributed by atoms with Crippen LogP contribution in [0.2, 0.25) is 0 Å². The van der Waals surface area contributed by atoms with Crippen molar-refractivity contribution in [3.05, 3.63) is 36.0 Å². The number of fused-ring (bicyclic) bond motifs is 1. The molecule has 0 amide bonds. The van der Waals surface area contributed by atoms with Crippen molar-refractivity contribution in [2.75, 3.05) is 0 Å². The normalized spacial score (nSPS) is 11.7. The van der Waals surface area contributed by atoms with Gasteiger partial charge >= 0.3 is 5.97 Å². The molecule has 3 heteroatoms. The number of H-pyrrole nitrogens is 1. The van der Waals surface area contributed by atoms with Crippen LogP contribution in [0.3, 0.4) is 0 Å². The molecule has 3 nitrogen and oxygen atoms in total. The molecule has 1 N–H and O–H groups in total. The first-order valence-corrected chi connectivity index (χ1v) is 7.91. The number of rotatable bonds is 7. The number of benzene rings is 1. The molecule has 1 heterocycles. The molecule has 0 aliphatic carbocycles. The molecule has 0 aliphatic heterocycles. The van der Waals surface area contributed by atoms with E-state index >= 15 is 0 Å². The van der Waals surface area contributed by atoms with E-state index in [1.165, 1.54) is 0 Å². The number of aromatic amines is 1. The Kier molecular flexibility index (Phi) is 6.09. The van der Waals surface area contributed by atoms with Crippen LogP contribution in [0.4, 0.5) is 0 Å². The topological polar surface area (TPSA) is 42.1 Å². The zero-order valence-corrected chi connectivity index (χ0v) is 13.3. The van der Waals surface area contributed by atoms with E-state index in [9.17, 15) is 4.79 Å². The maximum absolute atomic E-state index is 12.2. The standard InChI is InChI=1S/C19H23NO2/c1-3-5-6-10-16(9-4-2)22-19(21)13-15-14-20-18-12-8-7-11-17(15)18/h7-8,11-12,14,16,20H,3,5-6,10,13H2,1-2H3. The van der Waals surface area contributed by atoms with Gasteiger partial charge in [-0.1, -0.05) is 43.9 Å². The Hall–Kier alpha value is -2.21. The quantitative estimate of drug-likeness (QED) is 0.472. The van der Waals surface area contributed by atoms with Gasteiger partial charge in [0.15, 0.2) is 6.10 Å². The van der Waals surface area contributed by atoms with Gasteiger partial charge in [0.2, 0.25) is 0 Å². The van der Waals surface area contributed by atoms with Crippen LogP contribution in [-0.4, -0.2) is 17.1 Å². The van der Waals surface area contributed by atoms with E-state index in [0.29, 0.717) is 0 Å². The number of aromatic nitrogens is 1. The number of para-hydroxylation sites is 1. The van der Waals surface area contributed by atoms with Gasteiger partial charge in [-0.05, 0) is 31.4 Å². The van der Waals surface area contributed by atoms with Crippen LogP contribution in [0.5, 0.6) is 0 Å². The van der Waals surface area contributed by atoms with Gasteiger partial charge in [-0.2, -0.15) is 0 Å². The third kappa shape index (κ3) is 4.39. The molecular formula is C19H23NO2. The van der Waals surface area contributed by atoms with Crippen molar-refractivity contribution in [2.24, 2.45) is 0 Å². The number of hydrogen-bond donors (Lipinski definition) is 1. The van der Waals surface area contributed by atoms with Crippen LogP contribution in [0.1, 0.15) is 45.1 Å². The number of carbonyl (C=O) groups is 1. The maximum atomic E-state index is 12.2. The lowest BCUT2D eigenvalue weighted by Crippen LogP contribution is -2.18. The van der Waals surface area contributed by atoms with Crippen LogP contribution in [0.25, 0.3) is 10.9 Å². The Morgan fingerprint density at radius 2 is 2.14 bits per heavy atom. The minimum absolute atomic E-state index is 0.214. The van der Waals surface area contributed by atoms with Crippen LogP contribution < -0.4 is 0 Å². The lowest BCUT2D eigenvalue weighted by Gasteiger charge is -2.12. The van der Waals surface area contributed by atoms with Gasteiger partial charge in [0.05, 0.1) is 6.42 Å². The molecule has 0 aliphatic rings. The van der Waals surface area contributed by atoms with Crippen molar-refractivity contribution < 1.29 is 9.53 Å². The Balaban J connectivity index is 1.96. The zero-order chi connectivity index (χ0) is 15.8. The average molecular weight is 297 g/mol. The predicted molar refractivity (Wildman–Crippen MR) is 89.5 cm³/mol. The van der Waals surface area contributed by atoms with Crippen LogP contribution >= 0.6 is 0 Å². The first-order valence-electron chi connectivity index (χ1n) is 7.91. The number of hydrogen-bond acceptors (Lipinski definition) is 2. The fourth-order valence-corrected chi connectivity index (χ4v) is 2.53. The molecule has 0 fully saturated rings. The maximum Gasteiger partial charge on any atom is 0.311 e. The summed E-state index contributed by atoms with van der Waals surface area (Å²) < 4.78 is 5.53. The first kappa shape index (κ1) is 16.2. The van der Waals surface area contributed by atoms with Crippen molar-refractivity contribution in [2.45, 2.75) is 52.1 Å². The fraction of sp³-hybridized carbons (Fsp3) is 0.421. The lowest BCUT2D eigenvalue weighted by molar-refractivity contribution is -0.145. The molecule has 2 rings (SSSR count). The number of unbranched alkanes of at least 4 members (excludes halogenated alkanes) is 2. The minimum Gasteiger partial charge on any atom is -0.449 e. The van der Waals surface area contributed by atoms with Crippen molar-refractivity contribution in [1.29, 1.82) is 0 Å². The summed E-state index contributed by atoms with van der Waals surface area (Å²) >= 11 is 0. The van der Waals surface area contributed by atoms with Gasteiger partial charge in [0.25, 0.3) is 0 Å². The Morgan fingerprint density at radius 3 is 2.91 bits per heavy atom. The summed E-state index contributed by atoms with van der Waals surface area (Å²) in [4.78, 5) is 15.3. The van der Waals surface area contributed by atoms with E-state index in [1.54, 1.807) is 6.92 Å². The van der Waals surface area contributed by atoms with Gasteiger partial charge < -0.3 is 9.72 Å². The summed E-state index contributed by atoms with van der Waals surface area (Å²) in [6, 6.07) is 7.96. The Labute approximate surface area is 132 Å². The predicted octanol–water partition coefficient (Wildman–Crippen LogP) is 4.23. The van der Waals surface area contributed by atoms with Gasteiger partial charge in [-0.15, -0.1) is 5.92 Å². The summed E-state index contributed by atoms with van der Waals surface area (Å²) in [5.74, 6) is 5.63. The molecule has 0 radical (unpaired) electrons. The smallest absolute Gasteiger partial charge is 0.311 e. The highest BCUT2D eigenvalue weighted by Crippen LogP contribution is 2.19. The van der Waals surface area contributed by atoms with Gasteiger partial charge in [0.1, 0.15) is 0 Å². The SMILES string of the molecule is CC#CC(CCCCC)OC(=O)Cc1c[nH]c2ccccc12. The van der Waals surface area contributed by atoms with E-state index in [4.69, 9.17) is 4.74 Å². The van der Waals surface area contributed by atoms with E-state index in [0.717, 1.165) is 42.1 Å². The summed E-state index contributed by atoms with van der Waals surface area (Å²) in [7, 11) is 0. The molecule has 1 atom stereocenters. The van der Waals surface area contributed by atoms with E-state index in [2.05, 4.69) is 23.7 Å². The highest BCUT2D eigenvalue weighted by Gasteiger charge is 2.14. The van der Waals surface area contributed by atoms with Gasteiger partial charge in [-0.25, -0.2) is 0 Å². The molecule has 0 saturated carbocycles. The number of nitrogens with one attached hydrogen (secondary N) is 1. The Morgan fingerprint density at radius 1 is 1.32 bits per heavy atom. The van der Waals surface area contributed by atoms with Crippen molar-refractivity contribution in [3.8, 4) is 11.8 Å². The molecule has 22 heavy (non-hydrogen) atoms.